The summed E-state index contributed by atoms with van der Waals surface area (Å²) < 4.78 is 35.2. The molecule has 4 rings (SSSR count). The second kappa shape index (κ2) is 7.43. The minimum atomic E-state index is -3.30. The molecule has 1 N–H and O–H groups in total. The van der Waals surface area contributed by atoms with Gasteiger partial charge in [-0.25, -0.2) is 19.9 Å². The number of alkyl halides is 2. The fraction of sp³-hybridized carbons (Fsp3) is 0.158. The molecule has 9 nitrogen and oxygen atoms in total. The molecule has 4 aromatic rings. The topological polar surface area (TPSA) is 108 Å². The van der Waals surface area contributed by atoms with Crippen LogP contribution in [-0.2, 0) is 10.7 Å². The van der Waals surface area contributed by atoms with E-state index in [9.17, 15) is 13.6 Å². The molecule has 0 aliphatic carbocycles. The number of nitrogens with one attached hydrogen (secondary N) is 1. The molecule has 0 saturated carbocycles. The number of fused-ring (bicyclic) bond motifs is 1. The number of anilines is 1. The Morgan fingerprint density at radius 3 is 2.63 bits per heavy atom. The van der Waals surface area contributed by atoms with Crippen LogP contribution in [0.25, 0.3) is 16.7 Å². The Morgan fingerprint density at radius 2 is 1.93 bits per heavy atom. The number of hydrogen-bond acceptors (Lipinski definition) is 7. The first-order chi connectivity index (χ1) is 14.3. The Labute approximate surface area is 168 Å². The predicted octanol–water partition coefficient (Wildman–Crippen LogP) is 3.47. The van der Waals surface area contributed by atoms with Gasteiger partial charge in [-0.2, -0.15) is 13.8 Å². The van der Waals surface area contributed by atoms with E-state index in [0.717, 1.165) is 5.39 Å². The zero-order chi connectivity index (χ0) is 21.3. The van der Waals surface area contributed by atoms with Gasteiger partial charge in [0.15, 0.2) is 5.75 Å². The predicted molar refractivity (Wildman–Crippen MR) is 103 cm³/mol. The molecule has 1 amide bonds. The monoisotopic (exact) mass is 411 g/mol. The molecule has 0 aliphatic rings. The van der Waals surface area contributed by atoms with Crippen LogP contribution in [0.4, 0.5) is 14.6 Å². The highest BCUT2D eigenvalue weighted by Crippen LogP contribution is 2.30. The molecule has 152 valence electrons. The second-order valence-electron chi connectivity index (χ2n) is 6.45. The van der Waals surface area contributed by atoms with E-state index in [2.05, 4.69) is 30.2 Å². The fourth-order valence-corrected chi connectivity index (χ4v) is 2.72. The minimum absolute atomic E-state index is 0.0932. The van der Waals surface area contributed by atoms with E-state index in [4.69, 9.17) is 4.74 Å². The molecule has 4 aromatic heterocycles. The second-order valence-corrected chi connectivity index (χ2v) is 6.45. The number of carbonyl (C=O) groups is 1. The number of ether oxygens (including phenoxy) is 1. The van der Waals surface area contributed by atoms with Gasteiger partial charge in [0.05, 0.1) is 17.9 Å². The van der Waals surface area contributed by atoms with Crippen LogP contribution in [0, 0.1) is 0 Å². The summed E-state index contributed by atoms with van der Waals surface area (Å²) in [7, 11) is 0. The third-order valence-corrected chi connectivity index (χ3v) is 3.97. The number of pyridine rings is 1. The summed E-state index contributed by atoms with van der Waals surface area (Å²) in [5.41, 5.74) is 0.604. The highest BCUT2D eigenvalue weighted by atomic mass is 19.3. The van der Waals surface area contributed by atoms with E-state index in [0.29, 0.717) is 18.3 Å². The molecular weight excluding hydrogens is 396 g/mol. The van der Waals surface area contributed by atoms with E-state index < -0.39 is 11.7 Å². The Balaban J connectivity index is 1.83. The van der Waals surface area contributed by atoms with Gasteiger partial charge in [-0.1, -0.05) is 0 Å². The fourth-order valence-electron chi connectivity index (χ4n) is 2.72. The van der Waals surface area contributed by atoms with Gasteiger partial charge in [0, 0.05) is 43.8 Å². The van der Waals surface area contributed by atoms with Crippen molar-refractivity contribution in [3.63, 3.8) is 0 Å². The van der Waals surface area contributed by atoms with E-state index >= 15 is 0 Å². The number of carbonyl (C=O) groups excluding carboxylic acids is 1. The SMILES string of the molecule is CC(=O)Nc1cc2c(ccn2-c2cc(Oc3cncnc3)nc(C(C)(F)F)n2)cn1. The van der Waals surface area contributed by atoms with Crippen molar-refractivity contribution >= 4 is 22.6 Å². The third kappa shape index (κ3) is 4.04. The lowest BCUT2D eigenvalue weighted by Crippen LogP contribution is -2.15. The van der Waals surface area contributed by atoms with Crippen LogP contribution < -0.4 is 10.1 Å². The van der Waals surface area contributed by atoms with Crippen molar-refractivity contribution < 1.29 is 18.3 Å². The van der Waals surface area contributed by atoms with Gasteiger partial charge in [0.2, 0.25) is 17.6 Å². The van der Waals surface area contributed by atoms with Crippen LogP contribution >= 0.6 is 0 Å². The number of aromatic nitrogens is 6. The van der Waals surface area contributed by atoms with E-state index in [-0.39, 0.29) is 23.4 Å². The summed E-state index contributed by atoms with van der Waals surface area (Å²) in [6.45, 7) is 2.07. The van der Waals surface area contributed by atoms with Crippen molar-refractivity contribution in [2.75, 3.05) is 5.32 Å². The van der Waals surface area contributed by atoms with Crippen molar-refractivity contribution in [3.05, 3.63) is 55.1 Å². The normalized spacial score (nSPS) is 11.5. The largest absolute Gasteiger partial charge is 0.436 e. The lowest BCUT2D eigenvalue weighted by atomic mass is 10.3. The quantitative estimate of drug-likeness (QED) is 0.536. The summed E-state index contributed by atoms with van der Waals surface area (Å²) in [6, 6.07) is 4.78. The molecule has 0 unspecified atom stereocenters. The van der Waals surface area contributed by atoms with Crippen LogP contribution in [0.1, 0.15) is 19.7 Å². The zero-order valence-corrected chi connectivity index (χ0v) is 15.9. The van der Waals surface area contributed by atoms with Crippen molar-refractivity contribution in [1.82, 2.24) is 29.5 Å². The van der Waals surface area contributed by atoms with Gasteiger partial charge in [-0.3, -0.25) is 4.79 Å². The zero-order valence-electron chi connectivity index (χ0n) is 15.9. The third-order valence-electron chi connectivity index (χ3n) is 3.97. The maximum atomic E-state index is 14.0. The number of halogens is 2. The summed E-state index contributed by atoms with van der Waals surface area (Å²) in [4.78, 5) is 31.0. The van der Waals surface area contributed by atoms with Crippen molar-refractivity contribution in [1.29, 1.82) is 0 Å². The maximum absolute atomic E-state index is 14.0. The molecule has 0 saturated heterocycles. The Bertz CT molecular complexity index is 1220. The highest BCUT2D eigenvalue weighted by molar-refractivity contribution is 5.91. The summed E-state index contributed by atoms with van der Waals surface area (Å²) in [6.07, 6.45) is 7.30. The lowest BCUT2D eigenvalue weighted by Gasteiger charge is -2.14. The molecule has 0 fully saturated rings. The smallest absolute Gasteiger partial charge is 0.304 e. The van der Waals surface area contributed by atoms with Crippen LogP contribution in [0.3, 0.4) is 0 Å². The first kappa shape index (κ1) is 19.3. The van der Waals surface area contributed by atoms with Crippen LogP contribution in [0.5, 0.6) is 11.6 Å². The molecule has 30 heavy (non-hydrogen) atoms. The molecular formula is C19H15F2N7O2. The molecule has 0 aliphatic heterocycles. The molecule has 4 heterocycles. The van der Waals surface area contributed by atoms with E-state index in [1.54, 1.807) is 29.1 Å². The first-order valence-electron chi connectivity index (χ1n) is 8.75. The van der Waals surface area contributed by atoms with Gasteiger partial charge in [0.25, 0.3) is 0 Å². The Kier molecular flexibility index (Phi) is 4.78. The number of rotatable bonds is 5. The minimum Gasteiger partial charge on any atom is -0.436 e. The molecule has 0 spiro atoms. The van der Waals surface area contributed by atoms with Gasteiger partial charge in [0.1, 0.15) is 18.0 Å². The number of hydrogen-bond donors (Lipinski definition) is 1. The van der Waals surface area contributed by atoms with E-state index in [1.165, 1.54) is 31.7 Å². The lowest BCUT2D eigenvalue weighted by molar-refractivity contribution is -0.114. The summed E-state index contributed by atoms with van der Waals surface area (Å²) in [5, 5.41) is 3.32. The maximum Gasteiger partial charge on any atom is 0.304 e. The standard InChI is InChI=1S/C19H15F2N7O2/c1-11(29)25-15-5-14-12(7-24-15)3-4-28(14)16-6-17(27-18(26-16)19(2,20)21)30-13-8-22-10-23-9-13/h3-10H,1-2H3,(H,24,25,29). The molecule has 11 heteroatoms. The van der Waals surface area contributed by atoms with Gasteiger partial charge < -0.3 is 14.6 Å². The number of nitrogens with zero attached hydrogens (tertiary/aromatic N) is 6. The van der Waals surface area contributed by atoms with Crippen LogP contribution in [0.15, 0.2) is 49.3 Å². The summed E-state index contributed by atoms with van der Waals surface area (Å²) >= 11 is 0. The van der Waals surface area contributed by atoms with E-state index in [1.807, 2.05) is 0 Å². The molecule has 0 atom stereocenters. The molecule has 0 radical (unpaired) electrons. The van der Waals surface area contributed by atoms with Crippen molar-refractivity contribution in [2.45, 2.75) is 19.8 Å². The van der Waals surface area contributed by atoms with Gasteiger partial charge in [-0.15, -0.1) is 0 Å². The van der Waals surface area contributed by atoms with Crippen LogP contribution in [0.2, 0.25) is 0 Å². The Morgan fingerprint density at radius 1 is 1.17 bits per heavy atom. The number of amides is 1. The Hall–Kier alpha value is -4.02. The molecule has 0 bridgehead atoms. The average Bonchev–Trinajstić information content (AvgIpc) is 3.10. The van der Waals surface area contributed by atoms with Crippen molar-refractivity contribution in [2.24, 2.45) is 0 Å². The van der Waals surface area contributed by atoms with Gasteiger partial charge >= 0.3 is 5.92 Å². The first-order valence-corrected chi connectivity index (χ1v) is 8.75. The van der Waals surface area contributed by atoms with Gasteiger partial charge in [-0.05, 0) is 6.07 Å². The van der Waals surface area contributed by atoms with Crippen molar-refractivity contribution in [3.8, 4) is 17.4 Å². The summed E-state index contributed by atoms with van der Waals surface area (Å²) in [5.74, 6) is -3.66. The average molecular weight is 411 g/mol. The molecule has 0 aromatic carbocycles. The highest BCUT2D eigenvalue weighted by Gasteiger charge is 2.30. The van der Waals surface area contributed by atoms with Crippen LogP contribution in [-0.4, -0.2) is 35.4 Å².